The fourth-order valence-electron chi connectivity index (χ4n) is 4.23. The third-order valence-electron chi connectivity index (χ3n) is 6.14. The number of aromatic nitrogens is 1. The Kier molecular flexibility index (Phi) is 6.52. The van der Waals surface area contributed by atoms with Gasteiger partial charge in [-0.05, 0) is 55.9 Å². The van der Waals surface area contributed by atoms with E-state index in [1.165, 1.54) is 33.0 Å². The zero-order chi connectivity index (χ0) is 22.9. The Morgan fingerprint density at radius 3 is 2.38 bits per heavy atom. The average Bonchev–Trinajstić information content (AvgIpc) is 3.36. The maximum Gasteiger partial charge on any atom is 0.122 e. The molecule has 0 fully saturated rings. The SMILES string of the molecule is CC(C)O/N=C1/c2ccccc2-c2ccc(CCCC(C)(C)c3csc(C(C)C)n3)cc21. The van der Waals surface area contributed by atoms with Gasteiger partial charge in [0.2, 0.25) is 0 Å². The molecule has 1 aliphatic rings. The van der Waals surface area contributed by atoms with Crippen LogP contribution < -0.4 is 0 Å². The van der Waals surface area contributed by atoms with E-state index in [0.717, 1.165) is 30.5 Å². The molecular weight excluding hydrogens is 412 g/mol. The van der Waals surface area contributed by atoms with E-state index in [-0.39, 0.29) is 11.5 Å². The molecular formula is C28H34N2OS. The molecule has 1 aliphatic carbocycles. The van der Waals surface area contributed by atoms with E-state index >= 15 is 0 Å². The molecule has 3 nitrogen and oxygen atoms in total. The predicted molar refractivity (Wildman–Crippen MR) is 136 cm³/mol. The highest BCUT2D eigenvalue weighted by atomic mass is 32.1. The van der Waals surface area contributed by atoms with E-state index in [1.807, 2.05) is 13.8 Å². The van der Waals surface area contributed by atoms with Gasteiger partial charge in [0.15, 0.2) is 0 Å². The van der Waals surface area contributed by atoms with Gasteiger partial charge in [-0.15, -0.1) is 11.3 Å². The molecule has 0 radical (unpaired) electrons. The number of hydrogen-bond acceptors (Lipinski definition) is 4. The monoisotopic (exact) mass is 446 g/mol. The lowest BCUT2D eigenvalue weighted by Gasteiger charge is -2.22. The standard InChI is InChI=1S/C28H34N2OS/c1-18(2)27-29-25(17-32-27)28(5,6)15-9-10-20-13-14-22-21-11-7-8-12-23(21)26(24(22)16-20)30-31-19(3)4/h7-8,11-14,16-19H,9-10,15H2,1-6H3/b30-26-. The van der Waals surface area contributed by atoms with Crippen molar-refractivity contribution in [3.63, 3.8) is 0 Å². The van der Waals surface area contributed by atoms with Crippen molar-refractivity contribution in [2.45, 2.75) is 78.2 Å². The normalized spacial score (nSPS) is 14.3. The van der Waals surface area contributed by atoms with Crippen LogP contribution >= 0.6 is 11.3 Å². The molecule has 3 aromatic rings. The molecule has 4 heteroatoms. The number of nitrogens with zero attached hydrogens (tertiary/aromatic N) is 2. The summed E-state index contributed by atoms with van der Waals surface area (Å²) in [6, 6.07) is 15.3. The minimum atomic E-state index is 0.0612. The van der Waals surface area contributed by atoms with E-state index in [9.17, 15) is 0 Å². The van der Waals surface area contributed by atoms with Crippen LogP contribution in [-0.2, 0) is 16.7 Å². The van der Waals surface area contributed by atoms with Gasteiger partial charge in [-0.25, -0.2) is 4.98 Å². The molecule has 0 unspecified atom stereocenters. The maximum atomic E-state index is 5.65. The molecule has 0 bridgehead atoms. The summed E-state index contributed by atoms with van der Waals surface area (Å²) in [6.07, 6.45) is 3.35. The summed E-state index contributed by atoms with van der Waals surface area (Å²) in [5.74, 6) is 0.496. The molecule has 0 amide bonds. The third kappa shape index (κ3) is 4.66. The van der Waals surface area contributed by atoms with Crippen molar-refractivity contribution in [2.75, 3.05) is 0 Å². The van der Waals surface area contributed by atoms with Crippen molar-refractivity contribution in [3.8, 4) is 11.1 Å². The summed E-state index contributed by atoms with van der Waals surface area (Å²) in [5, 5.41) is 8.02. The van der Waals surface area contributed by atoms with Gasteiger partial charge in [0, 0.05) is 27.8 Å². The number of rotatable bonds is 8. The second-order valence-electron chi connectivity index (χ2n) is 9.98. The third-order valence-corrected chi connectivity index (χ3v) is 7.29. The van der Waals surface area contributed by atoms with E-state index in [1.54, 1.807) is 11.3 Å². The molecule has 1 heterocycles. The number of oxime groups is 1. The molecule has 0 N–H and O–H groups in total. The summed E-state index contributed by atoms with van der Waals surface area (Å²) in [7, 11) is 0. The number of benzene rings is 2. The average molecular weight is 447 g/mol. The van der Waals surface area contributed by atoms with Crippen LogP contribution in [0.15, 0.2) is 53.0 Å². The van der Waals surface area contributed by atoms with Crippen molar-refractivity contribution in [2.24, 2.45) is 5.16 Å². The Labute approximate surface area is 196 Å². The zero-order valence-corrected chi connectivity index (χ0v) is 20.9. The first-order chi connectivity index (χ1) is 15.3. The van der Waals surface area contributed by atoms with Gasteiger partial charge in [0.25, 0.3) is 0 Å². The zero-order valence-electron chi connectivity index (χ0n) is 20.1. The summed E-state index contributed by atoms with van der Waals surface area (Å²) in [4.78, 5) is 10.6. The lowest BCUT2D eigenvalue weighted by Crippen LogP contribution is -2.18. The fraction of sp³-hybridized carbons (Fsp3) is 0.429. The molecule has 0 saturated carbocycles. The summed E-state index contributed by atoms with van der Waals surface area (Å²) in [6.45, 7) is 13.1. The van der Waals surface area contributed by atoms with Crippen molar-refractivity contribution in [1.29, 1.82) is 0 Å². The largest absolute Gasteiger partial charge is 0.393 e. The molecule has 32 heavy (non-hydrogen) atoms. The minimum Gasteiger partial charge on any atom is -0.393 e. The predicted octanol–water partition coefficient (Wildman–Crippen LogP) is 7.72. The molecule has 0 saturated heterocycles. The molecule has 4 rings (SSSR count). The second kappa shape index (κ2) is 9.19. The van der Waals surface area contributed by atoms with Crippen LogP contribution in [0, 0.1) is 0 Å². The summed E-state index contributed by atoms with van der Waals surface area (Å²) < 4.78 is 0. The lowest BCUT2D eigenvalue weighted by molar-refractivity contribution is 0.0863. The topological polar surface area (TPSA) is 34.5 Å². The molecule has 1 aromatic heterocycles. The smallest absolute Gasteiger partial charge is 0.122 e. The Hall–Kier alpha value is -2.46. The van der Waals surface area contributed by atoms with Crippen molar-refractivity contribution in [3.05, 3.63) is 75.2 Å². The number of fused-ring (bicyclic) bond motifs is 3. The summed E-state index contributed by atoms with van der Waals surface area (Å²) in [5.41, 5.74) is 8.46. The van der Waals surface area contributed by atoms with E-state index in [2.05, 4.69) is 80.7 Å². The highest BCUT2D eigenvalue weighted by molar-refractivity contribution is 7.09. The van der Waals surface area contributed by atoms with Crippen LogP contribution in [-0.4, -0.2) is 16.8 Å². The van der Waals surface area contributed by atoms with E-state index in [4.69, 9.17) is 9.82 Å². The Balaban J connectivity index is 1.50. The molecule has 0 spiro atoms. The fourth-order valence-corrected chi connectivity index (χ4v) is 5.26. The van der Waals surface area contributed by atoms with Crippen LogP contribution in [0.1, 0.15) is 87.7 Å². The Bertz CT molecular complexity index is 1120. The van der Waals surface area contributed by atoms with Gasteiger partial charge in [-0.3, -0.25) is 0 Å². The molecule has 168 valence electrons. The maximum absolute atomic E-state index is 5.65. The first kappa shape index (κ1) is 22.7. The van der Waals surface area contributed by atoms with Crippen LogP contribution in [0.3, 0.4) is 0 Å². The van der Waals surface area contributed by atoms with Crippen molar-refractivity contribution >= 4 is 17.0 Å². The van der Waals surface area contributed by atoms with Crippen molar-refractivity contribution < 1.29 is 4.84 Å². The second-order valence-corrected chi connectivity index (χ2v) is 10.9. The minimum absolute atomic E-state index is 0.0612. The number of aryl methyl sites for hydroxylation is 1. The van der Waals surface area contributed by atoms with Crippen LogP contribution in [0.5, 0.6) is 0 Å². The lowest BCUT2D eigenvalue weighted by atomic mass is 9.83. The number of hydrogen-bond donors (Lipinski definition) is 0. The van der Waals surface area contributed by atoms with Crippen molar-refractivity contribution in [1.82, 2.24) is 4.98 Å². The van der Waals surface area contributed by atoms with Gasteiger partial charge < -0.3 is 4.84 Å². The Morgan fingerprint density at radius 1 is 0.969 bits per heavy atom. The van der Waals surface area contributed by atoms with Gasteiger partial charge in [-0.1, -0.05) is 69.2 Å². The molecule has 0 atom stereocenters. The van der Waals surface area contributed by atoms with Crippen LogP contribution in [0.4, 0.5) is 0 Å². The summed E-state index contributed by atoms with van der Waals surface area (Å²) >= 11 is 1.79. The highest BCUT2D eigenvalue weighted by Crippen LogP contribution is 2.38. The van der Waals surface area contributed by atoms with Gasteiger partial charge >= 0.3 is 0 Å². The molecule has 2 aromatic carbocycles. The highest BCUT2D eigenvalue weighted by Gasteiger charge is 2.27. The van der Waals surface area contributed by atoms with Crippen LogP contribution in [0.25, 0.3) is 11.1 Å². The Morgan fingerprint density at radius 2 is 1.69 bits per heavy atom. The van der Waals surface area contributed by atoms with E-state index in [0.29, 0.717) is 5.92 Å². The van der Waals surface area contributed by atoms with E-state index < -0.39 is 0 Å². The first-order valence-electron chi connectivity index (χ1n) is 11.7. The quantitative estimate of drug-likeness (QED) is 0.260. The van der Waals surface area contributed by atoms with Gasteiger partial charge in [0.1, 0.15) is 11.8 Å². The van der Waals surface area contributed by atoms with Crippen LogP contribution in [0.2, 0.25) is 0 Å². The number of thiazole rings is 1. The van der Waals surface area contributed by atoms with Gasteiger partial charge in [0.05, 0.1) is 10.7 Å². The molecule has 0 aliphatic heterocycles. The first-order valence-corrected chi connectivity index (χ1v) is 12.6. The van der Waals surface area contributed by atoms with Gasteiger partial charge in [-0.2, -0.15) is 0 Å².